The van der Waals surface area contributed by atoms with Crippen molar-refractivity contribution in [3.8, 4) is 5.75 Å². The summed E-state index contributed by atoms with van der Waals surface area (Å²) < 4.78 is 8.54. The molecule has 6 heteroatoms. The number of thioether (sulfide) groups is 1. The number of carbonyl (C=O) groups is 1. The van der Waals surface area contributed by atoms with Crippen LogP contribution < -0.4 is 4.74 Å². The highest BCUT2D eigenvalue weighted by atomic mass is 79.9. The Morgan fingerprint density at radius 2 is 2.04 bits per heavy atom. The van der Waals surface area contributed by atoms with E-state index in [1.807, 2.05) is 30.3 Å². The minimum atomic E-state index is 0.0589. The Kier molecular flexibility index (Phi) is 6.96. The van der Waals surface area contributed by atoms with E-state index in [1.165, 1.54) is 5.56 Å². The highest BCUT2D eigenvalue weighted by Gasteiger charge is 2.16. The van der Waals surface area contributed by atoms with E-state index in [-0.39, 0.29) is 5.91 Å². The lowest BCUT2D eigenvalue weighted by Gasteiger charge is -2.10. The zero-order valence-corrected chi connectivity index (χ0v) is 18.0. The fourth-order valence-electron chi connectivity index (χ4n) is 2.87. The number of aromatic nitrogens is 2. The molecule has 0 radical (unpaired) electrons. The lowest BCUT2D eigenvalue weighted by Crippen LogP contribution is -2.13. The van der Waals surface area contributed by atoms with Crippen LogP contribution >= 0.6 is 27.7 Å². The third-order valence-electron chi connectivity index (χ3n) is 4.25. The molecule has 0 aliphatic rings. The van der Waals surface area contributed by atoms with E-state index in [9.17, 15) is 4.79 Å². The van der Waals surface area contributed by atoms with Gasteiger partial charge < -0.3 is 4.74 Å². The molecule has 0 bridgehead atoms. The van der Waals surface area contributed by atoms with Gasteiger partial charge in [0.1, 0.15) is 5.75 Å². The van der Waals surface area contributed by atoms with Crippen LogP contribution in [0.1, 0.15) is 37.0 Å². The first-order chi connectivity index (χ1) is 13.1. The summed E-state index contributed by atoms with van der Waals surface area (Å²) in [5, 5.41) is 0.766. The molecule has 0 spiro atoms. The number of nitrogens with zero attached hydrogens (tertiary/aromatic N) is 2. The van der Waals surface area contributed by atoms with Gasteiger partial charge in [-0.3, -0.25) is 9.36 Å². The van der Waals surface area contributed by atoms with Crippen molar-refractivity contribution in [3.05, 3.63) is 52.5 Å². The number of rotatable bonds is 8. The fraction of sp³-hybridized carbons (Fsp3) is 0.333. The zero-order valence-electron chi connectivity index (χ0n) is 15.6. The van der Waals surface area contributed by atoms with Crippen molar-refractivity contribution in [2.24, 2.45) is 0 Å². The summed E-state index contributed by atoms with van der Waals surface area (Å²) in [7, 11) is 0. The maximum atomic E-state index is 12.8. The molecule has 0 unspecified atom stereocenters. The van der Waals surface area contributed by atoms with Crippen molar-refractivity contribution in [3.63, 3.8) is 0 Å². The topological polar surface area (TPSA) is 44.1 Å². The van der Waals surface area contributed by atoms with E-state index < -0.39 is 0 Å². The number of para-hydroxylation sites is 2. The molecule has 3 aromatic rings. The van der Waals surface area contributed by atoms with Crippen molar-refractivity contribution in [2.75, 3.05) is 12.4 Å². The predicted molar refractivity (Wildman–Crippen MR) is 115 cm³/mol. The standard InChI is InChI=1S/C21H23BrN2O2S/c1-3-15-11-12-19(16(22)14-15)26-13-7-10-20(25)24-18-9-6-5-8-17(18)23-21(24)27-4-2/h5-6,8-9,11-12,14H,3-4,7,10,13H2,1-2H3. The van der Waals surface area contributed by atoms with Gasteiger partial charge in [0.2, 0.25) is 5.91 Å². The summed E-state index contributed by atoms with van der Waals surface area (Å²) in [4.78, 5) is 17.4. The summed E-state index contributed by atoms with van der Waals surface area (Å²) in [5.74, 6) is 1.75. The van der Waals surface area contributed by atoms with Gasteiger partial charge >= 0.3 is 0 Å². The molecule has 142 valence electrons. The van der Waals surface area contributed by atoms with Crippen LogP contribution in [-0.2, 0) is 6.42 Å². The van der Waals surface area contributed by atoms with E-state index in [0.29, 0.717) is 19.4 Å². The first-order valence-corrected chi connectivity index (χ1v) is 11.0. The van der Waals surface area contributed by atoms with E-state index >= 15 is 0 Å². The second kappa shape index (κ2) is 9.42. The summed E-state index contributed by atoms with van der Waals surface area (Å²) in [6.07, 6.45) is 2.07. The van der Waals surface area contributed by atoms with Gasteiger partial charge in [-0.25, -0.2) is 4.98 Å². The Labute approximate surface area is 172 Å². The molecule has 3 rings (SSSR count). The van der Waals surface area contributed by atoms with Gasteiger partial charge in [0.15, 0.2) is 5.16 Å². The number of aryl methyl sites for hydroxylation is 1. The minimum Gasteiger partial charge on any atom is -0.492 e. The van der Waals surface area contributed by atoms with E-state index in [4.69, 9.17) is 4.74 Å². The highest BCUT2D eigenvalue weighted by Crippen LogP contribution is 2.27. The Bertz CT molecular complexity index is 939. The molecule has 0 saturated heterocycles. The van der Waals surface area contributed by atoms with Crippen molar-refractivity contribution in [1.29, 1.82) is 0 Å². The second-order valence-corrected chi connectivity index (χ2v) is 8.20. The normalized spacial score (nSPS) is 11.1. The summed E-state index contributed by atoms with van der Waals surface area (Å²) in [6, 6.07) is 13.9. The smallest absolute Gasteiger partial charge is 0.233 e. The van der Waals surface area contributed by atoms with Gasteiger partial charge in [0.25, 0.3) is 0 Å². The van der Waals surface area contributed by atoms with Gasteiger partial charge in [-0.15, -0.1) is 0 Å². The maximum Gasteiger partial charge on any atom is 0.233 e. The average Bonchev–Trinajstić information content (AvgIpc) is 3.04. The average molecular weight is 447 g/mol. The number of hydrogen-bond acceptors (Lipinski definition) is 4. The van der Waals surface area contributed by atoms with Crippen LogP contribution in [0.25, 0.3) is 11.0 Å². The van der Waals surface area contributed by atoms with Crippen LogP contribution in [0, 0.1) is 0 Å². The van der Waals surface area contributed by atoms with E-state index in [2.05, 4.69) is 46.9 Å². The first-order valence-electron chi connectivity index (χ1n) is 9.18. The van der Waals surface area contributed by atoms with Crippen LogP contribution in [0.15, 0.2) is 52.1 Å². The Morgan fingerprint density at radius 1 is 1.22 bits per heavy atom. The molecule has 0 saturated carbocycles. The van der Waals surface area contributed by atoms with Crippen molar-refractivity contribution < 1.29 is 9.53 Å². The van der Waals surface area contributed by atoms with Gasteiger partial charge in [0, 0.05) is 6.42 Å². The van der Waals surface area contributed by atoms with E-state index in [1.54, 1.807) is 16.3 Å². The van der Waals surface area contributed by atoms with Crippen molar-refractivity contribution >= 4 is 44.6 Å². The molecule has 0 aliphatic heterocycles. The van der Waals surface area contributed by atoms with Crippen molar-refractivity contribution in [1.82, 2.24) is 9.55 Å². The Hall–Kier alpha value is -1.79. The molecule has 0 amide bonds. The molecule has 1 aromatic heterocycles. The fourth-order valence-corrected chi connectivity index (χ4v) is 4.16. The highest BCUT2D eigenvalue weighted by molar-refractivity contribution is 9.10. The van der Waals surface area contributed by atoms with Gasteiger partial charge in [-0.05, 0) is 64.4 Å². The number of fused-ring (bicyclic) bond motifs is 1. The monoisotopic (exact) mass is 446 g/mol. The third kappa shape index (κ3) is 4.74. The largest absolute Gasteiger partial charge is 0.492 e. The van der Waals surface area contributed by atoms with Gasteiger partial charge in [-0.2, -0.15) is 0 Å². The molecule has 2 aromatic carbocycles. The number of benzene rings is 2. The molecule has 0 fully saturated rings. The second-order valence-electron chi connectivity index (χ2n) is 6.12. The van der Waals surface area contributed by atoms with Gasteiger partial charge in [0.05, 0.1) is 22.1 Å². The number of imidazole rings is 1. The van der Waals surface area contributed by atoms with Crippen LogP contribution in [0.4, 0.5) is 0 Å². The molecular formula is C21H23BrN2O2S. The van der Waals surface area contributed by atoms with Crippen LogP contribution in [0.2, 0.25) is 0 Å². The lowest BCUT2D eigenvalue weighted by atomic mass is 10.2. The first kappa shape index (κ1) is 20.0. The molecule has 0 aliphatic carbocycles. The maximum absolute atomic E-state index is 12.8. The SMILES string of the molecule is CCSc1nc2ccccc2n1C(=O)CCCOc1ccc(CC)cc1Br. The number of carbonyl (C=O) groups excluding carboxylic acids is 1. The number of hydrogen-bond donors (Lipinski definition) is 0. The molecule has 4 nitrogen and oxygen atoms in total. The minimum absolute atomic E-state index is 0.0589. The van der Waals surface area contributed by atoms with E-state index in [0.717, 1.165) is 38.6 Å². The summed E-state index contributed by atoms with van der Waals surface area (Å²) >= 11 is 5.14. The molecular weight excluding hydrogens is 424 g/mol. The quantitative estimate of drug-likeness (QED) is 0.315. The number of ether oxygens (including phenoxy) is 1. The zero-order chi connectivity index (χ0) is 19.2. The van der Waals surface area contributed by atoms with Crippen LogP contribution in [-0.4, -0.2) is 27.8 Å². The van der Waals surface area contributed by atoms with Crippen LogP contribution in [0.3, 0.4) is 0 Å². The predicted octanol–water partition coefficient (Wildman–Crippen LogP) is 5.97. The lowest BCUT2D eigenvalue weighted by molar-refractivity contribution is 0.0888. The number of halogens is 1. The molecule has 0 N–H and O–H groups in total. The molecule has 1 heterocycles. The van der Waals surface area contributed by atoms with Crippen LogP contribution in [0.5, 0.6) is 5.75 Å². The third-order valence-corrected chi connectivity index (χ3v) is 5.69. The van der Waals surface area contributed by atoms with Gasteiger partial charge in [-0.1, -0.05) is 43.8 Å². The molecule has 27 heavy (non-hydrogen) atoms. The Morgan fingerprint density at radius 3 is 2.78 bits per heavy atom. The molecule has 0 atom stereocenters. The summed E-state index contributed by atoms with van der Waals surface area (Å²) in [5.41, 5.74) is 2.99. The summed E-state index contributed by atoms with van der Waals surface area (Å²) in [6.45, 7) is 4.69. The van der Waals surface area contributed by atoms with Crippen molar-refractivity contribution in [2.45, 2.75) is 38.3 Å². The Balaban J connectivity index is 1.63.